The van der Waals surface area contributed by atoms with Gasteiger partial charge in [-0.25, -0.2) is 4.99 Å². The van der Waals surface area contributed by atoms with Crippen LogP contribution in [0.4, 0.5) is 0 Å². The van der Waals surface area contributed by atoms with Crippen molar-refractivity contribution in [1.82, 2.24) is 15.5 Å². The SMILES string of the molecule is CCNC(=NCc1ccc(C(=O)N2CCCCC2)cc1)NCCC(OCC)C(C)C.I. The Morgan fingerprint density at radius 3 is 2.35 bits per heavy atom. The van der Waals surface area contributed by atoms with Gasteiger partial charge in [0.25, 0.3) is 5.91 Å². The molecule has 0 radical (unpaired) electrons. The van der Waals surface area contributed by atoms with Gasteiger partial charge >= 0.3 is 0 Å². The molecule has 1 aromatic rings. The van der Waals surface area contributed by atoms with Crippen molar-refractivity contribution >= 4 is 35.8 Å². The molecule has 0 aliphatic carbocycles. The molecule has 1 saturated heterocycles. The highest BCUT2D eigenvalue weighted by molar-refractivity contribution is 14.0. The molecular weight excluding hydrogens is 503 g/mol. The van der Waals surface area contributed by atoms with Crippen LogP contribution in [0, 0.1) is 5.92 Å². The zero-order valence-corrected chi connectivity index (χ0v) is 22.0. The molecule has 0 spiro atoms. The summed E-state index contributed by atoms with van der Waals surface area (Å²) in [5.41, 5.74) is 1.86. The molecule has 1 heterocycles. The third-order valence-electron chi connectivity index (χ3n) is 5.45. The Labute approximate surface area is 205 Å². The zero-order chi connectivity index (χ0) is 21.8. The molecule has 0 aromatic heterocycles. The predicted octanol–water partition coefficient (Wildman–Crippen LogP) is 4.44. The van der Waals surface area contributed by atoms with Crippen LogP contribution < -0.4 is 10.6 Å². The highest BCUT2D eigenvalue weighted by Gasteiger charge is 2.18. The molecule has 7 heteroatoms. The standard InChI is InChI=1S/C24H40N4O2.HI/c1-5-25-24(26-15-14-22(19(3)4)30-6-2)27-18-20-10-12-21(13-11-20)23(29)28-16-8-7-9-17-28;/h10-13,19,22H,5-9,14-18H2,1-4H3,(H2,25,26,27);1H. The summed E-state index contributed by atoms with van der Waals surface area (Å²) in [6, 6.07) is 7.87. The van der Waals surface area contributed by atoms with Crippen LogP contribution in [-0.2, 0) is 11.3 Å². The minimum atomic E-state index is 0. The molecule has 2 N–H and O–H groups in total. The number of nitrogens with zero attached hydrogens (tertiary/aromatic N) is 2. The number of carbonyl (C=O) groups excluding carboxylic acids is 1. The molecule has 0 saturated carbocycles. The van der Waals surface area contributed by atoms with E-state index in [9.17, 15) is 4.79 Å². The van der Waals surface area contributed by atoms with Gasteiger partial charge in [0.2, 0.25) is 0 Å². The number of ether oxygens (including phenoxy) is 1. The summed E-state index contributed by atoms with van der Waals surface area (Å²) < 4.78 is 5.82. The maximum Gasteiger partial charge on any atom is 0.253 e. The Hall–Kier alpha value is -1.35. The molecule has 6 nitrogen and oxygen atoms in total. The average Bonchev–Trinajstić information content (AvgIpc) is 2.77. The van der Waals surface area contributed by atoms with Crippen molar-refractivity contribution in [3.8, 4) is 0 Å². The maximum atomic E-state index is 12.6. The van der Waals surface area contributed by atoms with Gasteiger partial charge in [0.05, 0.1) is 12.6 Å². The van der Waals surface area contributed by atoms with Crippen molar-refractivity contribution in [2.24, 2.45) is 10.9 Å². The third-order valence-corrected chi connectivity index (χ3v) is 5.45. The lowest BCUT2D eigenvalue weighted by Crippen LogP contribution is -2.39. The summed E-state index contributed by atoms with van der Waals surface area (Å²) in [6.45, 7) is 13.2. The largest absolute Gasteiger partial charge is 0.378 e. The lowest BCUT2D eigenvalue weighted by molar-refractivity contribution is 0.0258. The van der Waals surface area contributed by atoms with Gasteiger partial charge in [0.1, 0.15) is 0 Å². The first-order chi connectivity index (χ1) is 14.5. The van der Waals surface area contributed by atoms with Crippen molar-refractivity contribution in [2.75, 3.05) is 32.8 Å². The van der Waals surface area contributed by atoms with Crippen LogP contribution in [0.2, 0.25) is 0 Å². The van der Waals surface area contributed by atoms with Crippen LogP contribution in [0.15, 0.2) is 29.3 Å². The van der Waals surface area contributed by atoms with Crippen LogP contribution in [-0.4, -0.2) is 55.7 Å². The molecule has 31 heavy (non-hydrogen) atoms. The monoisotopic (exact) mass is 544 g/mol. The van der Waals surface area contributed by atoms with Crippen LogP contribution in [0.5, 0.6) is 0 Å². The summed E-state index contributed by atoms with van der Waals surface area (Å²) in [5, 5.41) is 6.70. The second-order valence-corrected chi connectivity index (χ2v) is 8.20. The Balaban J connectivity index is 0.00000480. The number of halogens is 1. The van der Waals surface area contributed by atoms with Crippen molar-refractivity contribution < 1.29 is 9.53 Å². The number of carbonyl (C=O) groups is 1. The van der Waals surface area contributed by atoms with Crippen LogP contribution in [0.1, 0.15) is 69.3 Å². The lowest BCUT2D eigenvalue weighted by Gasteiger charge is -2.26. The minimum absolute atomic E-state index is 0. The van der Waals surface area contributed by atoms with E-state index < -0.39 is 0 Å². The van der Waals surface area contributed by atoms with E-state index in [2.05, 4.69) is 31.4 Å². The zero-order valence-electron chi connectivity index (χ0n) is 19.7. The van der Waals surface area contributed by atoms with Gasteiger partial charge in [0.15, 0.2) is 5.96 Å². The van der Waals surface area contributed by atoms with Gasteiger partial charge in [-0.05, 0) is 63.1 Å². The van der Waals surface area contributed by atoms with Gasteiger partial charge in [0, 0.05) is 38.3 Å². The fourth-order valence-corrected chi connectivity index (χ4v) is 3.70. The van der Waals surface area contributed by atoms with Gasteiger partial charge in [-0.1, -0.05) is 26.0 Å². The van der Waals surface area contributed by atoms with Crippen molar-refractivity contribution in [2.45, 2.75) is 66.0 Å². The Kier molecular flexibility index (Phi) is 13.8. The van der Waals surface area contributed by atoms with Crippen molar-refractivity contribution in [3.63, 3.8) is 0 Å². The Morgan fingerprint density at radius 2 is 1.77 bits per heavy atom. The average molecular weight is 545 g/mol. The summed E-state index contributed by atoms with van der Waals surface area (Å²) in [7, 11) is 0. The summed E-state index contributed by atoms with van der Waals surface area (Å²) in [4.78, 5) is 19.3. The smallest absolute Gasteiger partial charge is 0.253 e. The molecule has 1 aliphatic rings. The first kappa shape index (κ1) is 27.7. The van der Waals surface area contributed by atoms with Gasteiger partial charge in [-0.2, -0.15) is 0 Å². The molecule has 1 aromatic carbocycles. The first-order valence-electron chi connectivity index (χ1n) is 11.6. The first-order valence-corrected chi connectivity index (χ1v) is 11.6. The number of likely N-dealkylation sites (tertiary alicyclic amines) is 1. The molecule has 1 unspecified atom stereocenters. The number of hydrogen-bond acceptors (Lipinski definition) is 3. The summed E-state index contributed by atoms with van der Waals surface area (Å²) in [5.74, 6) is 1.45. The highest BCUT2D eigenvalue weighted by atomic mass is 127. The molecule has 1 atom stereocenters. The number of piperidine rings is 1. The van der Waals surface area contributed by atoms with E-state index in [0.717, 1.165) is 69.1 Å². The van der Waals surface area contributed by atoms with Crippen LogP contribution >= 0.6 is 24.0 Å². The molecule has 2 rings (SSSR count). The van der Waals surface area contributed by atoms with E-state index >= 15 is 0 Å². The second-order valence-electron chi connectivity index (χ2n) is 8.20. The highest BCUT2D eigenvalue weighted by Crippen LogP contribution is 2.14. The van der Waals surface area contributed by atoms with E-state index in [4.69, 9.17) is 9.73 Å². The van der Waals surface area contributed by atoms with Crippen LogP contribution in [0.25, 0.3) is 0 Å². The molecule has 1 amide bonds. The van der Waals surface area contributed by atoms with E-state index in [1.165, 1.54) is 6.42 Å². The normalized spacial score (nSPS) is 15.4. The van der Waals surface area contributed by atoms with Gasteiger partial charge in [-0.15, -0.1) is 24.0 Å². The molecule has 0 bridgehead atoms. The number of aliphatic imine (C=N–C) groups is 1. The molecule has 1 fully saturated rings. The maximum absolute atomic E-state index is 12.6. The number of guanidine groups is 1. The van der Waals surface area contributed by atoms with E-state index in [1.54, 1.807) is 0 Å². The van der Waals surface area contributed by atoms with Gasteiger partial charge < -0.3 is 20.3 Å². The third kappa shape index (κ3) is 9.76. The van der Waals surface area contributed by atoms with Crippen molar-refractivity contribution in [3.05, 3.63) is 35.4 Å². The molecule has 1 aliphatic heterocycles. The fraction of sp³-hybridized carbons (Fsp3) is 0.667. The predicted molar refractivity (Wildman–Crippen MR) is 139 cm³/mol. The Bertz CT molecular complexity index is 658. The lowest BCUT2D eigenvalue weighted by atomic mass is 10.0. The topological polar surface area (TPSA) is 66.0 Å². The second kappa shape index (κ2) is 15.5. The van der Waals surface area contributed by atoms with E-state index in [1.807, 2.05) is 36.1 Å². The number of rotatable bonds is 10. The number of hydrogen-bond donors (Lipinski definition) is 2. The number of amides is 1. The van der Waals surface area contributed by atoms with Crippen LogP contribution in [0.3, 0.4) is 0 Å². The molecular formula is C24H41IN4O2. The quantitative estimate of drug-likeness (QED) is 0.260. The summed E-state index contributed by atoms with van der Waals surface area (Å²) >= 11 is 0. The number of nitrogens with one attached hydrogen (secondary N) is 2. The Morgan fingerprint density at radius 1 is 1.10 bits per heavy atom. The fourth-order valence-electron chi connectivity index (χ4n) is 3.70. The molecule has 176 valence electrons. The van der Waals surface area contributed by atoms with Crippen molar-refractivity contribution in [1.29, 1.82) is 0 Å². The van der Waals surface area contributed by atoms with E-state index in [-0.39, 0.29) is 36.0 Å². The van der Waals surface area contributed by atoms with E-state index in [0.29, 0.717) is 12.5 Å². The minimum Gasteiger partial charge on any atom is -0.378 e. The van der Waals surface area contributed by atoms with Gasteiger partial charge in [-0.3, -0.25) is 4.79 Å². The summed E-state index contributed by atoms with van der Waals surface area (Å²) in [6.07, 6.45) is 4.66. The number of benzene rings is 1.